The van der Waals surface area contributed by atoms with Gasteiger partial charge in [-0.3, -0.25) is 4.79 Å². The Hall–Kier alpha value is -1.59. The van der Waals surface area contributed by atoms with Crippen molar-refractivity contribution in [2.24, 2.45) is 0 Å². The highest BCUT2D eigenvalue weighted by molar-refractivity contribution is 5.85. The van der Waals surface area contributed by atoms with Gasteiger partial charge in [-0.15, -0.1) is 12.4 Å². The van der Waals surface area contributed by atoms with Gasteiger partial charge >= 0.3 is 0 Å². The Morgan fingerprint density at radius 1 is 1.40 bits per heavy atom. The number of rotatable bonds is 5. The van der Waals surface area contributed by atoms with Crippen molar-refractivity contribution >= 4 is 29.3 Å². The second-order valence-electron chi connectivity index (χ2n) is 4.42. The summed E-state index contributed by atoms with van der Waals surface area (Å²) in [5.74, 6) is 0.333. The van der Waals surface area contributed by atoms with Crippen molar-refractivity contribution in [2.45, 2.75) is 19.9 Å². The van der Waals surface area contributed by atoms with E-state index in [2.05, 4.69) is 10.6 Å². The summed E-state index contributed by atoms with van der Waals surface area (Å²) in [6.45, 7) is 2.82. The molecular weight excluding hydrogens is 283 g/mol. The quantitative estimate of drug-likeness (QED) is 0.892. The van der Waals surface area contributed by atoms with Gasteiger partial charge in [-0.2, -0.15) is 0 Å². The molecule has 110 valence electrons. The van der Waals surface area contributed by atoms with Crippen LogP contribution in [0, 0.1) is 12.7 Å². The molecule has 0 aliphatic heterocycles. The molecule has 20 heavy (non-hydrogen) atoms. The lowest BCUT2D eigenvalue weighted by Gasteiger charge is -2.03. The van der Waals surface area contributed by atoms with Crippen LogP contribution in [-0.4, -0.2) is 19.5 Å². The van der Waals surface area contributed by atoms with Gasteiger partial charge in [0.2, 0.25) is 5.91 Å². The molecule has 4 nitrogen and oxygen atoms in total. The smallest absolute Gasteiger partial charge is 0.221 e. The SMILES string of the molecule is CNCCC(=O)NCc1oc2ccc(F)cc2c1C.Cl. The maximum absolute atomic E-state index is 13.2. The fraction of sp³-hybridized carbons (Fsp3) is 0.357. The third kappa shape index (κ3) is 3.71. The third-order valence-corrected chi connectivity index (χ3v) is 3.05. The molecule has 1 amide bonds. The maximum Gasteiger partial charge on any atom is 0.221 e. The fourth-order valence-corrected chi connectivity index (χ4v) is 1.92. The summed E-state index contributed by atoms with van der Waals surface area (Å²) >= 11 is 0. The van der Waals surface area contributed by atoms with Gasteiger partial charge < -0.3 is 15.1 Å². The standard InChI is InChI=1S/C14H17FN2O2.ClH/c1-9-11-7-10(15)3-4-12(11)19-13(9)8-17-14(18)5-6-16-2;/h3-4,7,16H,5-6,8H2,1-2H3,(H,17,18);1H. The molecule has 0 aliphatic rings. The van der Waals surface area contributed by atoms with E-state index in [1.54, 1.807) is 13.1 Å². The average Bonchev–Trinajstić information content (AvgIpc) is 2.71. The van der Waals surface area contributed by atoms with Crippen molar-refractivity contribution in [3.63, 3.8) is 0 Å². The van der Waals surface area contributed by atoms with Crippen molar-refractivity contribution in [3.05, 3.63) is 35.3 Å². The molecule has 0 spiro atoms. The maximum atomic E-state index is 13.2. The van der Waals surface area contributed by atoms with E-state index in [9.17, 15) is 9.18 Å². The zero-order valence-corrected chi connectivity index (χ0v) is 12.3. The van der Waals surface area contributed by atoms with Gasteiger partial charge in [0.25, 0.3) is 0 Å². The van der Waals surface area contributed by atoms with Gasteiger partial charge in [-0.1, -0.05) is 0 Å². The van der Waals surface area contributed by atoms with E-state index in [0.29, 0.717) is 30.9 Å². The zero-order valence-electron chi connectivity index (χ0n) is 11.5. The van der Waals surface area contributed by atoms with E-state index < -0.39 is 0 Å². The molecule has 0 saturated heterocycles. The lowest BCUT2D eigenvalue weighted by Crippen LogP contribution is -2.26. The molecule has 1 aromatic heterocycles. The summed E-state index contributed by atoms with van der Waals surface area (Å²) < 4.78 is 18.8. The number of halogens is 2. The minimum absolute atomic E-state index is 0. The molecule has 0 saturated carbocycles. The molecule has 1 heterocycles. The van der Waals surface area contributed by atoms with Gasteiger partial charge in [-0.25, -0.2) is 4.39 Å². The van der Waals surface area contributed by atoms with Crippen LogP contribution in [0.15, 0.2) is 22.6 Å². The van der Waals surface area contributed by atoms with E-state index in [4.69, 9.17) is 4.42 Å². The number of furan rings is 1. The first-order chi connectivity index (χ1) is 9.11. The number of aryl methyl sites for hydroxylation is 1. The predicted molar refractivity (Wildman–Crippen MR) is 78.5 cm³/mol. The van der Waals surface area contributed by atoms with E-state index in [-0.39, 0.29) is 24.1 Å². The molecule has 0 radical (unpaired) electrons. The molecule has 0 atom stereocenters. The van der Waals surface area contributed by atoms with E-state index in [1.165, 1.54) is 12.1 Å². The van der Waals surface area contributed by atoms with Crippen molar-refractivity contribution < 1.29 is 13.6 Å². The van der Waals surface area contributed by atoms with Gasteiger partial charge in [0.05, 0.1) is 6.54 Å². The number of nitrogens with one attached hydrogen (secondary N) is 2. The predicted octanol–water partition coefficient (Wildman–Crippen LogP) is 2.53. The Morgan fingerprint density at radius 2 is 2.15 bits per heavy atom. The Balaban J connectivity index is 0.00000200. The Labute approximate surface area is 123 Å². The Kier molecular flexibility index (Phi) is 5.98. The number of amides is 1. The van der Waals surface area contributed by atoms with Gasteiger partial charge in [0, 0.05) is 23.9 Å². The Bertz CT molecular complexity index is 598. The van der Waals surface area contributed by atoms with Crippen LogP contribution >= 0.6 is 12.4 Å². The number of hydrogen-bond acceptors (Lipinski definition) is 3. The molecular formula is C14H18ClFN2O2. The molecule has 0 fully saturated rings. The summed E-state index contributed by atoms with van der Waals surface area (Å²) in [5.41, 5.74) is 1.50. The highest BCUT2D eigenvalue weighted by Gasteiger charge is 2.11. The van der Waals surface area contributed by atoms with Crippen LogP contribution in [0.5, 0.6) is 0 Å². The second kappa shape index (κ2) is 7.26. The van der Waals surface area contributed by atoms with Gasteiger partial charge in [0.15, 0.2) is 0 Å². The monoisotopic (exact) mass is 300 g/mol. The van der Waals surface area contributed by atoms with Crippen LogP contribution in [0.25, 0.3) is 11.0 Å². The number of benzene rings is 1. The molecule has 1 aromatic carbocycles. The first kappa shape index (κ1) is 16.5. The molecule has 0 bridgehead atoms. The summed E-state index contributed by atoms with van der Waals surface area (Å²) in [6, 6.07) is 4.41. The fourth-order valence-electron chi connectivity index (χ4n) is 1.92. The van der Waals surface area contributed by atoms with Crippen LogP contribution in [0.1, 0.15) is 17.7 Å². The zero-order chi connectivity index (χ0) is 13.8. The first-order valence-corrected chi connectivity index (χ1v) is 6.20. The lowest BCUT2D eigenvalue weighted by atomic mass is 10.1. The normalized spacial score (nSPS) is 10.3. The van der Waals surface area contributed by atoms with Gasteiger partial charge in [0.1, 0.15) is 17.2 Å². The number of hydrogen-bond donors (Lipinski definition) is 2. The van der Waals surface area contributed by atoms with Crippen LogP contribution in [0.4, 0.5) is 4.39 Å². The average molecular weight is 301 g/mol. The first-order valence-electron chi connectivity index (χ1n) is 6.20. The topological polar surface area (TPSA) is 54.3 Å². The van der Waals surface area contributed by atoms with Crippen LogP contribution in [0.3, 0.4) is 0 Å². The minimum Gasteiger partial charge on any atom is -0.459 e. The third-order valence-electron chi connectivity index (χ3n) is 3.05. The largest absolute Gasteiger partial charge is 0.459 e. The summed E-state index contributed by atoms with van der Waals surface area (Å²) in [5, 5.41) is 6.44. The minimum atomic E-state index is -0.291. The van der Waals surface area contributed by atoms with Gasteiger partial charge in [-0.05, 0) is 32.2 Å². The molecule has 2 N–H and O–H groups in total. The lowest BCUT2D eigenvalue weighted by molar-refractivity contribution is -0.121. The van der Waals surface area contributed by atoms with Crippen molar-refractivity contribution in [3.8, 4) is 0 Å². The number of carbonyl (C=O) groups excluding carboxylic acids is 1. The second-order valence-corrected chi connectivity index (χ2v) is 4.42. The van der Waals surface area contributed by atoms with E-state index in [0.717, 1.165) is 10.9 Å². The Morgan fingerprint density at radius 3 is 2.85 bits per heavy atom. The molecule has 0 aliphatic carbocycles. The summed E-state index contributed by atoms with van der Waals surface area (Å²) in [4.78, 5) is 11.5. The molecule has 0 unspecified atom stereocenters. The number of fused-ring (bicyclic) bond motifs is 1. The van der Waals surface area contributed by atoms with Crippen molar-refractivity contribution in [1.29, 1.82) is 0 Å². The highest BCUT2D eigenvalue weighted by atomic mass is 35.5. The van der Waals surface area contributed by atoms with E-state index >= 15 is 0 Å². The molecule has 2 rings (SSSR count). The number of carbonyl (C=O) groups is 1. The van der Waals surface area contributed by atoms with E-state index in [1.807, 2.05) is 6.92 Å². The molecule has 2 aromatic rings. The van der Waals surface area contributed by atoms with Crippen LogP contribution in [-0.2, 0) is 11.3 Å². The summed E-state index contributed by atoms with van der Waals surface area (Å²) in [7, 11) is 1.80. The van der Waals surface area contributed by atoms with Crippen LogP contribution in [0.2, 0.25) is 0 Å². The van der Waals surface area contributed by atoms with Crippen molar-refractivity contribution in [2.75, 3.05) is 13.6 Å². The summed E-state index contributed by atoms with van der Waals surface area (Å²) in [6.07, 6.45) is 0.421. The van der Waals surface area contributed by atoms with Crippen molar-refractivity contribution in [1.82, 2.24) is 10.6 Å². The van der Waals surface area contributed by atoms with Crippen LogP contribution < -0.4 is 10.6 Å². The molecule has 6 heteroatoms. The highest BCUT2D eigenvalue weighted by Crippen LogP contribution is 2.25.